The molecule has 390 valence electrons. The van der Waals surface area contributed by atoms with Crippen LogP contribution in [0.2, 0.25) is 38.3 Å². The maximum Gasteiger partial charge on any atom is 1.00 e. The first-order valence-corrected chi connectivity index (χ1v) is 31.7. The number of benzene rings is 5. The Morgan fingerprint density at radius 1 is 0.613 bits per heavy atom. The van der Waals surface area contributed by atoms with Crippen LogP contribution in [0.25, 0.3) is 0 Å². The van der Waals surface area contributed by atoms with E-state index in [0.717, 1.165) is 43.4 Å². The van der Waals surface area contributed by atoms with Gasteiger partial charge in [-0.15, -0.1) is 24.6 Å². The van der Waals surface area contributed by atoms with E-state index < -0.39 is 38.2 Å². The van der Waals surface area contributed by atoms with Gasteiger partial charge in [0.15, 0.2) is 0 Å². The molecule has 0 aliphatic rings. The van der Waals surface area contributed by atoms with E-state index in [9.17, 15) is 18.0 Å². The Balaban J connectivity index is 0. The van der Waals surface area contributed by atoms with E-state index in [-0.39, 0.29) is 128 Å². The van der Waals surface area contributed by atoms with Crippen molar-refractivity contribution in [2.45, 2.75) is 101 Å². The van der Waals surface area contributed by atoms with Gasteiger partial charge in [-0.2, -0.15) is 18.9 Å². The van der Waals surface area contributed by atoms with Crippen LogP contribution in [-0.4, -0.2) is 61.3 Å². The van der Waals surface area contributed by atoms with Crippen LogP contribution in [0.4, 0.5) is 0 Å². The summed E-state index contributed by atoms with van der Waals surface area (Å²) in [5.74, 6) is 0.664. The second-order valence-corrected chi connectivity index (χ2v) is 29.4. The van der Waals surface area contributed by atoms with E-state index in [4.69, 9.17) is 44.1 Å². The van der Waals surface area contributed by atoms with Crippen LogP contribution in [0.5, 0.6) is 23.0 Å². The van der Waals surface area contributed by atoms with Crippen molar-refractivity contribution in [1.29, 1.82) is 10.5 Å². The molecule has 0 aliphatic heterocycles. The Morgan fingerprint density at radius 2 is 0.987 bits per heavy atom. The molecule has 5 aromatic rings. The number of aromatic hydroxyl groups is 1. The molecule has 14 nitrogen and oxygen atoms in total. The molecule has 1 N–H and O–H groups in total. The normalized spacial score (nSPS) is 10.3. The third-order valence-electron chi connectivity index (χ3n) is 11.0. The number of nitrogens with zero attached hydrogens (tertiary/aromatic N) is 2. The molecule has 19 heteroatoms. The zero-order valence-electron chi connectivity index (χ0n) is 45.4. The van der Waals surface area contributed by atoms with Crippen LogP contribution in [0, 0.1) is 29.6 Å². The summed E-state index contributed by atoms with van der Waals surface area (Å²) in [7, 11) is -5.95. The van der Waals surface area contributed by atoms with Gasteiger partial charge in [0.2, 0.25) is 0 Å². The van der Waals surface area contributed by atoms with E-state index in [1.165, 1.54) is 55.6 Å². The molecule has 0 heterocycles. The minimum absolute atomic E-state index is 0. The minimum atomic E-state index is -3.60. The van der Waals surface area contributed by atoms with Crippen molar-refractivity contribution in [3.63, 3.8) is 0 Å². The SMILES string of the molecule is C=C[Si](C)(C)CCCCCCOS(=O)(=O)c1ccc(C)cc1.C=C[Si](C)(C)CCCCCCOc1ccc(C(=O)Oc2ccc(C#N)cc2)cc1.N#Cc1ccc(OC(=O)c2ccc(O)cc2)cc1.O=CO[O-].[H-].[K+].[K+]. The monoisotopic (exact) mass is 1130 g/mol. The van der Waals surface area contributed by atoms with Crippen LogP contribution >= 0.6 is 0 Å². The first kappa shape index (κ1) is 71.1. The van der Waals surface area contributed by atoms with E-state index in [0.29, 0.717) is 40.4 Å². The van der Waals surface area contributed by atoms with Gasteiger partial charge in [-0.25, -0.2) is 9.59 Å². The van der Waals surface area contributed by atoms with E-state index in [1.807, 2.05) is 19.1 Å². The minimum Gasteiger partial charge on any atom is -1.00 e. The molecule has 0 bridgehead atoms. The summed E-state index contributed by atoms with van der Waals surface area (Å²) in [4.78, 5) is 35.4. The molecule has 0 aliphatic carbocycles. The fourth-order valence-corrected chi connectivity index (χ4v) is 9.89. The van der Waals surface area contributed by atoms with Gasteiger partial charge in [-0.05, 0) is 129 Å². The van der Waals surface area contributed by atoms with Gasteiger partial charge < -0.3 is 30.9 Å². The quantitative estimate of drug-likeness (QED) is 0.0111. The summed E-state index contributed by atoms with van der Waals surface area (Å²) in [6.45, 7) is 19.9. The molecule has 0 radical (unpaired) electrons. The zero-order chi connectivity index (χ0) is 54.1. The third-order valence-corrected chi connectivity index (χ3v) is 17.8. The first-order valence-electron chi connectivity index (χ1n) is 23.7. The Morgan fingerprint density at radius 3 is 1.37 bits per heavy atom. The smallest absolute Gasteiger partial charge is 1.00 e. The zero-order valence-corrected chi connectivity index (χ0v) is 53.5. The van der Waals surface area contributed by atoms with Crippen LogP contribution in [0.15, 0.2) is 151 Å². The fraction of sp³-hybridized carbons (Fsp3) is 0.304. The number of aryl methyl sites for hydroxylation is 1. The molecular formula is C56H68K2N2O12SSi2. The van der Waals surface area contributed by atoms with Crippen molar-refractivity contribution >= 4 is 44.7 Å². The predicted octanol–water partition coefficient (Wildman–Crippen LogP) is 5.88. The molecule has 0 amide bonds. The summed E-state index contributed by atoms with van der Waals surface area (Å²) in [6.07, 6.45) is 8.78. The number of esters is 2. The summed E-state index contributed by atoms with van der Waals surface area (Å²) in [5, 5.41) is 35.0. The Labute approximate surface area is 532 Å². The summed E-state index contributed by atoms with van der Waals surface area (Å²) >= 11 is 0. The Kier molecular flexibility index (Phi) is 37.5. The van der Waals surface area contributed by atoms with Crippen molar-refractivity contribution in [2.75, 3.05) is 13.2 Å². The number of phenolic OH excluding ortho intramolecular Hbond substituents is 1. The maximum atomic E-state index is 12.2. The molecule has 0 saturated carbocycles. The van der Waals surface area contributed by atoms with E-state index >= 15 is 0 Å². The molecule has 0 spiro atoms. The van der Waals surface area contributed by atoms with Gasteiger partial charge >= 0.3 is 115 Å². The van der Waals surface area contributed by atoms with E-state index in [1.54, 1.807) is 97.1 Å². The van der Waals surface area contributed by atoms with Crippen molar-refractivity contribution in [3.05, 3.63) is 174 Å². The van der Waals surface area contributed by atoms with Gasteiger partial charge in [0.1, 0.15) is 23.0 Å². The molecule has 0 unspecified atom stereocenters. The second-order valence-electron chi connectivity index (χ2n) is 18.0. The van der Waals surface area contributed by atoms with Gasteiger partial charge in [-0.1, -0.05) is 94.5 Å². The number of unbranched alkanes of at least 4 members (excludes halogenated alkanes) is 6. The Hall–Kier alpha value is -3.85. The molecule has 0 fully saturated rings. The largest absolute Gasteiger partial charge is 1.00 e. The number of carbonyl (C=O) groups is 3. The number of nitriles is 2. The predicted molar refractivity (Wildman–Crippen MR) is 287 cm³/mol. The number of phenols is 1. The van der Waals surface area contributed by atoms with Crippen LogP contribution < -0.4 is 122 Å². The number of carbonyl (C=O) groups excluding carboxylic acids is 3. The van der Waals surface area contributed by atoms with Crippen LogP contribution in [0.1, 0.15) is 90.2 Å². The second kappa shape index (κ2) is 39.5. The maximum absolute atomic E-state index is 12.2. The van der Waals surface area contributed by atoms with Gasteiger partial charge in [0.05, 0.1) is 68.6 Å². The van der Waals surface area contributed by atoms with E-state index in [2.05, 4.69) is 55.6 Å². The molecule has 75 heavy (non-hydrogen) atoms. The molecular weight excluding hydrogens is 1060 g/mol. The average Bonchev–Trinajstić information content (AvgIpc) is 3.39. The van der Waals surface area contributed by atoms with Gasteiger partial charge in [0.25, 0.3) is 16.6 Å². The molecule has 0 aromatic heterocycles. The Bertz CT molecular complexity index is 2670. The van der Waals surface area contributed by atoms with Crippen LogP contribution in [0.3, 0.4) is 0 Å². The van der Waals surface area contributed by atoms with Crippen molar-refractivity contribution in [2.24, 2.45) is 0 Å². The summed E-state index contributed by atoms with van der Waals surface area (Å²) < 4.78 is 45.2. The fourth-order valence-electron chi connectivity index (χ4n) is 6.22. The molecule has 5 aromatic carbocycles. The van der Waals surface area contributed by atoms with Gasteiger partial charge in [0, 0.05) is 0 Å². The first-order chi connectivity index (χ1) is 34.8. The van der Waals surface area contributed by atoms with Crippen LogP contribution in [-0.2, 0) is 24.0 Å². The van der Waals surface area contributed by atoms with Crippen molar-refractivity contribution < 1.29 is 161 Å². The average molecular weight is 1130 g/mol. The number of hydrogen-bond donors (Lipinski definition) is 1. The van der Waals surface area contributed by atoms with Crippen molar-refractivity contribution in [3.8, 4) is 35.1 Å². The molecule has 5 rings (SSSR count). The molecule has 0 atom stereocenters. The standard InChI is InChI=1S/C24H29NO3Si.C17H28O3SSi.C14H9NO3.CH2O3.2K.H/c1-4-29(2,3)18-8-6-5-7-17-27-22-15-11-21(12-16-22)24(26)28-23-13-9-20(19-25)10-14-23;1-5-22(3,4)15-9-7-6-8-14-20-21(18,19)17-12-10-16(2)11-13-17;15-9-10-1-7-13(8-2-10)18-14(17)11-3-5-12(16)6-4-11;2-1-4-3;;;/h4,9-16H,1,5-8,17-18H2,2-3H3;5,10-13H,1,6-9,14-15H2,2-4H3;1-8,16H;1,3H;;;/q;;;;2*+1;-1/p-1. The van der Waals surface area contributed by atoms with Crippen molar-refractivity contribution in [1.82, 2.24) is 0 Å². The number of hydrogen-bond acceptors (Lipinski definition) is 14. The topological polar surface area (TPSA) is 222 Å². The molecule has 0 saturated heterocycles. The third kappa shape index (κ3) is 31.2. The summed E-state index contributed by atoms with van der Waals surface area (Å²) in [6, 6.07) is 38.7. The number of ether oxygens (including phenoxy) is 3. The van der Waals surface area contributed by atoms with Gasteiger partial charge in [-0.3, -0.25) is 8.98 Å². The summed E-state index contributed by atoms with van der Waals surface area (Å²) in [5.41, 5.74) is 7.15. The number of rotatable bonds is 24.